The third kappa shape index (κ3) is 3.38. The molecule has 1 N–H and O–H groups in total. The van der Waals surface area contributed by atoms with E-state index in [-0.39, 0.29) is 5.41 Å². The fraction of sp³-hybridized carbons (Fsp3) is 0.692. The molecular weight excluding hydrogens is 186 g/mol. The Bertz CT molecular complexity index is 293. The van der Waals surface area contributed by atoms with Crippen LogP contribution in [0.25, 0.3) is 0 Å². The summed E-state index contributed by atoms with van der Waals surface area (Å²) in [6.07, 6.45) is 1.97. The maximum absolute atomic E-state index is 8.86. The van der Waals surface area contributed by atoms with Gasteiger partial charge in [-0.1, -0.05) is 13.8 Å². The monoisotopic (exact) mass is 209 g/mol. The topological polar surface area (TPSA) is 25.2 Å². The lowest BCUT2D eigenvalue weighted by molar-refractivity contribution is 0.221. The molecule has 0 atom stereocenters. The van der Waals surface area contributed by atoms with Gasteiger partial charge in [0.15, 0.2) is 0 Å². The zero-order valence-corrected chi connectivity index (χ0v) is 10.4. The second-order valence-electron chi connectivity index (χ2n) is 5.19. The van der Waals surface area contributed by atoms with Gasteiger partial charge in [0, 0.05) is 24.5 Å². The van der Waals surface area contributed by atoms with Gasteiger partial charge in [-0.25, -0.2) is 0 Å². The number of aliphatic hydroxyl groups is 1. The van der Waals surface area contributed by atoms with E-state index in [4.69, 9.17) is 5.11 Å². The normalized spacial score (nSPS) is 12.1. The minimum Gasteiger partial charge on any atom is -0.396 e. The zero-order valence-electron chi connectivity index (χ0n) is 10.4. The zero-order chi connectivity index (χ0) is 11.5. The van der Waals surface area contributed by atoms with Gasteiger partial charge in [0.25, 0.3) is 0 Å². The number of nitrogens with zero attached hydrogens (tertiary/aromatic N) is 1. The van der Waals surface area contributed by atoms with E-state index in [1.54, 1.807) is 0 Å². The van der Waals surface area contributed by atoms with Gasteiger partial charge in [0.1, 0.15) is 0 Å². The largest absolute Gasteiger partial charge is 0.396 e. The van der Waals surface area contributed by atoms with Gasteiger partial charge >= 0.3 is 0 Å². The van der Waals surface area contributed by atoms with Crippen molar-refractivity contribution in [2.24, 2.45) is 5.41 Å². The molecule has 0 aromatic carbocycles. The smallest absolute Gasteiger partial charge is 0.0431 e. The molecule has 0 aliphatic carbocycles. The van der Waals surface area contributed by atoms with E-state index in [0.29, 0.717) is 6.61 Å². The van der Waals surface area contributed by atoms with Crippen molar-refractivity contribution in [3.8, 4) is 0 Å². The van der Waals surface area contributed by atoms with E-state index in [2.05, 4.69) is 44.4 Å². The molecule has 15 heavy (non-hydrogen) atoms. The molecule has 0 spiro atoms. The molecule has 0 aliphatic rings. The van der Waals surface area contributed by atoms with E-state index >= 15 is 0 Å². The third-order valence-corrected chi connectivity index (χ3v) is 3.02. The lowest BCUT2D eigenvalue weighted by Gasteiger charge is -2.26. The summed E-state index contributed by atoms with van der Waals surface area (Å²) in [7, 11) is 0. The summed E-state index contributed by atoms with van der Waals surface area (Å²) in [5.74, 6) is 0. The highest BCUT2D eigenvalue weighted by Gasteiger charge is 2.19. The predicted molar refractivity (Wildman–Crippen MR) is 64.0 cm³/mol. The molecule has 2 nitrogen and oxygen atoms in total. The van der Waals surface area contributed by atoms with E-state index in [9.17, 15) is 0 Å². The summed E-state index contributed by atoms with van der Waals surface area (Å²) in [5, 5.41) is 8.86. The molecule has 0 bridgehead atoms. The Balaban J connectivity index is 2.68. The van der Waals surface area contributed by atoms with Crippen molar-refractivity contribution in [1.29, 1.82) is 0 Å². The highest BCUT2D eigenvalue weighted by atomic mass is 16.2. The van der Waals surface area contributed by atoms with E-state index in [1.165, 1.54) is 11.4 Å². The van der Waals surface area contributed by atoms with Crippen molar-refractivity contribution in [3.05, 3.63) is 23.5 Å². The Kier molecular flexibility index (Phi) is 3.97. The predicted octanol–water partition coefficient (Wildman–Crippen LogP) is 2.90. The molecule has 0 fully saturated rings. The molecule has 0 unspecified atom stereocenters. The first-order valence-electron chi connectivity index (χ1n) is 5.70. The van der Waals surface area contributed by atoms with Crippen LogP contribution in [0.2, 0.25) is 0 Å². The Morgan fingerprint density at radius 1 is 1.20 bits per heavy atom. The van der Waals surface area contributed by atoms with Gasteiger partial charge in [0.2, 0.25) is 0 Å². The van der Waals surface area contributed by atoms with E-state index in [1.807, 2.05) is 0 Å². The molecule has 1 aromatic heterocycles. The standard InChI is InChI=1S/C13H23NO/c1-11-6-7-12(2)14(11)10-13(3,4)8-5-9-15/h6-7,15H,5,8-10H2,1-4H3. The molecular formula is C13H23NO. The van der Waals surface area contributed by atoms with Crippen LogP contribution in [-0.4, -0.2) is 16.3 Å². The van der Waals surface area contributed by atoms with Crippen molar-refractivity contribution >= 4 is 0 Å². The van der Waals surface area contributed by atoms with Crippen LogP contribution in [0.1, 0.15) is 38.1 Å². The van der Waals surface area contributed by atoms with Crippen molar-refractivity contribution in [1.82, 2.24) is 4.57 Å². The summed E-state index contributed by atoms with van der Waals surface area (Å²) >= 11 is 0. The first-order chi connectivity index (χ1) is 6.96. The molecule has 2 heteroatoms. The summed E-state index contributed by atoms with van der Waals surface area (Å²) < 4.78 is 2.36. The van der Waals surface area contributed by atoms with E-state index in [0.717, 1.165) is 19.4 Å². The Hall–Kier alpha value is -0.760. The van der Waals surface area contributed by atoms with Gasteiger partial charge in [0.05, 0.1) is 0 Å². The summed E-state index contributed by atoms with van der Waals surface area (Å²) in [5.41, 5.74) is 2.91. The fourth-order valence-corrected chi connectivity index (χ4v) is 2.01. The number of aromatic nitrogens is 1. The van der Waals surface area contributed by atoms with Gasteiger partial charge < -0.3 is 9.67 Å². The molecule has 0 amide bonds. The second-order valence-corrected chi connectivity index (χ2v) is 5.19. The van der Waals surface area contributed by atoms with E-state index < -0.39 is 0 Å². The number of rotatable bonds is 5. The lowest BCUT2D eigenvalue weighted by atomic mass is 9.87. The Morgan fingerprint density at radius 3 is 2.20 bits per heavy atom. The molecule has 86 valence electrons. The van der Waals surface area contributed by atoms with Gasteiger partial charge in [-0.3, -0.25) is 0 Å². The fourth-order valence-electron chi connectivity index (χ4n) is 2.01. The molecule has 0 saturated carbocycles. The molecule has 1 heterocycles. The number of hydrogen-bond donors (Lipinski definition) is 1. The van der Waals surface area contributed by atoms with Crippen molar-refractivity contribution in [2.45, 2.75) is 47.1 Å². The van der Waals surface area contributed by atoms with Gasteiger partial charge in [-0.05, 0) is 44.2 Å². The maximum Gasteiger partial charge on any atom is 0.0431 e. The average molecular weight is 209 g/mol. The van der Waals surface area contributed by atoms with Crippen molar-refractivity contribution in [2.75, 3.05) is 6.61 Å². The number of hydrogen-bond acceptors (Lipinski definition) is 1. The van der Waals surface area contributed by atoms with Crippen LogP contribution in [0.4, 0.5) is 0 Å². The lowest BCUT2D eigenvalue weighted by Crippen LogP contribution is -2.21. The number of aliphatic hydroxyl groups excluding tert-OH is 1. The molecule has 1 rings (SSSR count). The van der Waals surface area contributed by atoms with Gasteiger partial charge in [-0.2, -0.15) is 0 Å². The summed E-state index contributed by atoms with van der Waals surface area (Å²) in [6, 6.07) is 4.33. The summed E-state index contributed by atoms with van der Waals surface area (Å²) in [6.45, 7) is 10.2. The Labute approximate surface area is 92.9 Å². The van der Waals surface area contributed by atoms with Crippen molar-refractivity contribution < 1.29 is 5.11 Å². The van der Waals surface area contributed by atoms with Crippen LogP contribution in [0.3, 0.4) is 0 Å². The van der Waals surface area contributed by atoms with Crippen LogP contribution in [0.5, 0.6) is 0 Å². The quantitative estimate of drug-likeness (QED) is 0.792. The maximum atomic E-state index is 8.86. The molecule has 0 saturated heterocycles. The van der Waals surface area contributed by atoms with Crippen LogP contribution in [0.15, 0.2) is 12.1 Å². The van der Waals surface area contributed by atoms with Crippen molar-refractivity contribution in [3.63, 3.8) is 0 Å². The SMILES string of the molecule is Cc1ccc(C)n1CC(C)(C)CCCO. The molecule has 0 aliphatic heterocycles. The van der Waals surface area contributed by atoms with Crippen LogP contribution < -0.4 is 0 Å². The first kappa shape index (κ1) is 12.3. The van der Waals surface area contributed by atoms with Gasteiger partial charge in [-0.15, -0.1) is 0 Å². The molecule has 1 aromatic rings. The average Bonchev–Trinajstić information content (AvgIpc) is 2.46. The first-order valence-corrected chi connectivity index (χ1v) is 5.70. The van der Waals surface area contributed by atoms with Crippen LogP contribution >= 0.6 is 0 Å². The Morgan fingerprint density at radius 2 is 1.73 bits per heavy atom. The minimum absolute atomic E-state index is 0.261. The third-order valence-electron chi connectivity index (χ3n) is 3.02. The highest BCUT2D eigenvalue weighted by Crippen LogP contribution is 2.26. The number of aryl methyl sites for hydroxylation is 2. The second kappa shape index (κ2) is 4.84. The minimum atomic E-state index is 0.261. The van der Waals surface area contributed by atoms with Crippen LogP contribution in [0, 0.1) is 19.3 Å². The summed E-state index contributed by atoms with van der Waals surface area (Å²) in [4.78, 5) is 0. The van der Waals surface area contributed by atoms with Crippen LogP contribution in [-0.2, 0) is 6.54 Å². The molecule has 0 radical (unpaired) electrons. The highest BCUT2D eigenvalue weighted by molar-refractivity contribution is 5.13.